The second kappa shape index (κ2) is 5.12. The van der Waals surface area contributed by atoms with Gasteiger partial charge >= 0.3 is 5.69 Å². The van der Waals surface area contributed by atoms with E-state index in [0.29, 0.717) is 5.82 Å². The zero-order chi connectivity index (χ0) is 15.9. The molecule has 0 saturated carbocycles. The third kappa shape index (κ3) is 2.68. The van der Waals surface area contributed by atoms with Crippen LogP contribution in [-0.2, 0) is 6.42 Å². The van der Waals surface area contributed by atoms with Gasteiger partial charge in [-0.1, -0.05) is 13.8 Å². The zero-order valence-corrected chi connectivity index (χ0v) is 12.9. The van der Waals surface area contributed by atoms with Crippen LogP contribution in [0.1, 0.15) is 43.4 Å². The van der Waals surface area contributed by atoms with Crippen molar-refractivity contribution >= 4 is 11.5 Å². The van der Waals surface area contributed by atoms with Crippen molar-refractivity contribution in [3.05, 3.63) is 51.6 Å². The number of rotatable bonds is 3. The van der Waals surface area contributed by atoms with Crippen LogP contribution in [-0.4, -0.2) is 9.91 Å². The Morgan fingerprint density at radius 3 is 3.00 bits per heavy atom. The van der Waals surface area contributed by atoms with E-state index in [4.69, 9.17) is 4.42 Å². The van der Waals surface area contributed by atoms with Crippen molar-refractivity contribution in [2.24, 2.45) is 5.41 Å². The first-order chi connectivity index (χ1) is 10.4. The van der Waals surface area contributed by atoms with Crippen molar-refractivity contribution < 1.29 is 9.34 Å². The smallest absolute Gasteiger partial charge is 0.311 e. The van der Waals surface area contributed by atoms with Crippen LogP contribution in [0.15, 0.2) is 28.8 Å². The zero-order valence-electron chi connectivity index (χ0n) is 12.9. The number of fused-ring (bicyclic) bond motifs is 1. The molecule has 2 heterocycles. The molecule has 0 fully saturated rings. The lowest BCUT2D eigenvalue weighted by Crippen LogP contribution is -2.28. The molecule has 22 heavy (non-hydrogen) atoms. The van der Waals surface area contributed by atoms with Crippen molar-refractivity contribution in [2.45, 2.75) is 39.7 Å². The van der Waals surface area contributed by atoms with Crippen LogP contribution in [0.2, 0.25) is 0 Å². The Hall–Kier alpha value is -2.37. The van der Waals surface area contributed by atoms with Crippen molar-refractivity contribution in [1.82, 2.24) is 4.98 Å². The molecule has 116 valence electrons. The number of furan rings is 1. The van der Waals surface area contributed by atoms with Gasteiger partial charge in [0, 0.05) is 24.2 Å². The van der Waals surface area contributed by atoms with E-state index in [1.54, 1.807) is 12.3 Å². The minimum atomic E-state index is -0.412. The highest BCUT2D eigenvalue weighted by Crippen LogP contribution is 2.43. The van der Waals surface area contributed by atoms with Crippen LogP contribution in [0.25, 0.3) is 0 Å². The topological polar surface area (TPSA) is 81.2 Å². The van der Waals surface area contributed by atoms with Crippen LogP contribution in [0.4, 0.5) is 11.5 Å². The van der Waals surface area contributed by atoms with E-state index in [2.05, 4.69) is 24.1 Å². The highest BCUT2D eigenvalue weighted by atomic mass is 16.6. The van der Waals surface area contributed by atoms with Crippen LogP contribution in [0, 0.1) is 22.5 Å². The lowest BCUT2D eigenvalue weighted by Gasteiger charge is -2.34. The fourth-order valence-corrected chi connectivity index (χ4v) is 3.13. The molecule has 0 aromatic carbocycles. The third-order valence-electron chi connectivity index (χ3n) is 4.03. The fraction of sp³-hybridized carbons (Fsp3) is 0.438. The van der Waals surface area contributed by atoms with E-state index in [-0.39, 0.29) is 17.1 Å². The van der Waals surface area contributed by atoms with E-state index >= 15 is 0 Å². The highest BCUT2D eigenvalue weighted by molar-refractivity contribution is 5.56. The van der Waals surface area contributed by atoms with Gasteiger partial charge < -0.3 is 9.73 Å². The second-order valence-corrected chi connectivity index (χ2v) is 6.61. The predicted octanol–water partition coefficient (Wildman–Crippen LogP) is 4.02. The molecule has 6 heteroatoms. The Kier molecular flexibility index (Phi) is 3.39. The molecule has 1 atom stereocenters. The summed E-state index contributed by atoms with van der Waals surface area (Å²) >= 11 is 0. The maximum Gasteiger partial charge on any atom is 0.311 e. The van der Waals surface area contributed by atoms with Crippen molar-refractivity contribution in [3.8, 4) is 0 Å². The predicted molar refractivity (Wildman–Crippen MR) is 82.8 cm³/mol. The first-order valence-electron chi connectivity index (χ1n) is 7.31. The average molecular weight is 301 g/mol. The molecule has 0 spiro atoms. The number of aryl methyl sites for hydroxylation is 1. The first-order valence-corrected chi connectivity index (χ1v) is 7.31. The standard InChI is InChI=1S/C16H19N3O3/c1-10-7-11-12(8-16(2,3)9-14(11)22-10)18-15-13(19(20)21)5-4-6-17-15/h4-7,12H,8-9H2,1-3H3,(H,17,18)/t12-/m1/s1. The number of hydrogen-bond donors (Lipinski definition) is 1. The molecule has 0 amide bonds. The summed E-state index contributed by atoms with van der Waals surface area (Å²) < 4.78 is 5.79. The first kappa shape index (κ1) is 14.6. The number of anilines is 1. The molecule has 1 aliphatic carbocycles. The second-order valence-electron chi connectivity index (χ2n) is 6.61. The maximum absolute atomic E-state index is 11.1. The highest BCUT2D eigenvalue weighted by Gasteiger charge is 2.35. The molecule has 0 saturated heterocycles. The Morgan fingerprint density at radius 1 is 1.50 bits per heavy atom. The number of hydrogen-bond acceptors (Lipinski definition) is 5. The van der Waals surface area contributed by atoms with E-state index < -0.39 is 4.92 Å². The molecule has 0 unspecified atom stereocenters. The normalized spacial score (nSPS) is 19.5. The Labute approximate surface area is 128 Å². The van der Waals surface area contributed by atoms with Gasteiger partial charge in [0.2, 0.25) is 5.82 Å². The van der Waals surface area contributed by atoms with Gasteiger partial charge in [-0.25, -0.2) is 4.98 Å². The maximum atomic E-state index is 11.1. The fourth-order valence-electron chi connectivity index (χ4n) is 3.13. The van der Waals surface area contributed by atoms with Gasteiger partial charge in [0.25, 0.3) is 0 Å². The van der Waals surface area contributed by atoms with Crippen LogP contribution in [0.3, 0.4) is 0 Å². The minimum absolute atomic E-state index is 0.00681. The molecular formula is C16H19N3O3. The van der Waals surface area contributed by atoms with Crippen LogP contribution in [0.5, 0.6) is 0 Å². The van der Waals surface area contributed by atoms with Crippen molar-refractivity contribution in [2.75, 3.05) is 5.32 Å². The third-order valence-corrected chi connectivity index (χ3v) is 4.03. The minimum Gasteiger partial charge on any atom is -0.466 e. The van der Waals surface area contributed by atoms with Gasteiger partial charge in [0.1, 0.15) is 11.5 Å². The Morgan fingerprint density at radius 2 is 2.27 bits per heavy atom. The van der Waals surface area contributed by atoms with Gasteiger partial charge in [0.15, 0.2) is 0 Å². The summed E-state index contributed by atoms with van der Waals surface area (Å²) in [5.74, 6) is 2.13. The Balaban J connectivity index is 1.97. The molecule has 0 aliphatic heterocycles. The number of nitrogens with zero attached hydrogens (tertiary/aromatic N) is 2. The summed E-state index contributed by atoms with van der Waals surface area (Å²) in [6.45, 7) is 6.27. The summed E-state index contributed by atoms with van der Waals surface area (Å²) in [7, 11) is 0. The molecule has 1 N–H and O–H groups in total. The van der Waals surface area contributed by atoms with E-state index in [9.17, 15) is 10.1 Å². The molecule has 0 bridgehead atoms. The number of nitrogens with one attached hydrogen (secondary N) is 1. The number of nitro groups is 1. The molecule has 0 radical (unpaired) electrons. The molecule has 2 aromatic rings. The lowest BCUT2D eigenvalue weighted by molar-refractivity contribution is -0.384. The SMILES string of the molecule is Cc1cc2c(o1)CC(C)(C)C[C@H]2Nc1ncccc1[N+](=O)[O-]. The van der Waals surface area contributed by atoms with Crippen molar-refractivity contribution in [3.63, 3.8) is 0 Å². The summed E-state index contributed by atoms with van der Waals surface area (Å²) in [6, 6.07) is 5.01. The summed E-state index contributed by atoms with van der Waals surface area (Å²) in [5.41, 5.74) is 1.14. The van der Waals surface area contributed by atoms with E-state index in [1.807, 2.05) is 13.0 Å². The van der Waals surface area contributed by atoms with Crippen molar-refractivity contribution in [1.29, 1.82) is 0 Å². The monoisotopic (exact) mass is 301 g/mol. The van der Waals surface area contributed by atoms with Gasteiger partial charge in [-0.3, -0.25) is 10.1 Å². The van der Waals surface area contributed by atoms with Gasteiger partial charge in [-0.2, -0.15) is 0 Å². The van der Waals surface area contributed by atoms with Gasteiger partial charge in [-0.05, 0) is 30.9 Å². The summed E-state index contributed by atoms with van der Waals surface area (Å²) in [6.07, 6.45) is 3.30. The number of pyridine rings is 1. The molecule has 2 aromatic heterocycles. The largest absolute Gasteiger partial charge is 0.466 e. The molecule has 3 rings (SSSR count). The van der Waals surface area contributed by atoms with Gasteiger partial charge in [-0.15, -0.1) is 0 Å². The van der Waals surface area contributed by atoms with E-state index in [0.717, 1.165) is 29.9 Å². The lowest BCUT2D eigenvalue weighted by atomic mass is 9.74. The van der Waals surface area contributed by atoms with Crippen LogP contribution >= 0.6 is 0 Å². The number of aromatic nitrogens is 1. The molecule has 6 nitrogen and oxygen atoms in total. The summed E-state index contributed by atoms with van der Waals surface area (Å²) in [5, 5.41) is 14.4. The average Bonchev–Trinajstić information content (AvgIpc) is 2.78. The van der Waals surface area contributed by atoms with Gasteiger partial charge in [0.05, 0.1) is 11.0 Å². The molecule has 1 aliphatic rings. The molecular weight excluding hydrogens is 282 g/mol. The van der Waals surface area contributed by atoms with Crippen LogP contribution < -0.4 is 5.32 Å². The van der Waals surface area contributed by atoms with E-state index in [1.165, 1.54) is 6.07 Å². The Bertz CT molecular complexity index is 721. The summed E-state index contributed by atoms with van der Waals surface area (Å²) in [4.78, 5) is 14.9. The quantitative estimate of drug-likeness (QED) is 0.684.